The Morgan fingerprint density at radius 3 is 2.39 bits per heavy atom. The molecule has 0 aromatic heterocycles. The zero-order chi connectivity index (χ0) is 13.6. The number of hydrogen-bond donors (Lipinski definition) is 1. The molecule has 0 heterocycles. The monoisotopic (exact) mass is 263 g/mol. The van der Waals surface area contributed by atoms with Crippen molar-refractivity contribution in [3.05, 3.63) is 0 Å². The largest absolute Gasteiger partial charge is 0.465 e. The van der Waals surface area contributed by atoms with Gasteiger partial charge in [-0.05, 0) is 19.8 Å². The molecule has 0 saturated carbocycles. The summed E-state index contributed by atoms with van der Waals surface area (Å²) in [6.07, 6.45) is 1.34. The second-order valence-corrected chi connectivity index (χ2v) is 3.72. The van der Waals surface area contributed by atoms with E-state index in [2.05, 4.69) is 0 Å². The van der Waals surface area contributed by atoms with E-state index in [1.54, 1.807) is 14.0 Å². The molecule has 2 N–H and O–H groups in total. The average molecular weight is 263 g/mol. The van der Waals surface area contributed by atoms with Crippen LogP contribution in [0.25, 0.3) is 0 Å². The molecule has 0 bridgehead atoms. The van der Waals surface area contributed by atoms with Crippen LogP contribution in [0, 0.1) is 0 Å². The predicted molar refractivity (Wildman–Crippen MR) is 67.4 cm³/mol. The summed E-state index contributed by atoms with van der Waals surface area (Å²) in [7, 11) is 1.66. The van der Waals surface area contributed by atoms with Crippen molar-refractivity contribution in [1.29, 1.82) is 0 Å². The van der Waals surface area contributed by atoms with E-state index in [0.717, 1.165) is 6.42 Å². The second kappa shape index (κ2) is 12.8. The molecular formula is C12H25NO5. The second-order valence-electron chi connectivity index (χ2n) is 3.72. The summed E-state index contributed by atoms with van der Waals surface area (Å²) in [5.41, 5.74) is 5.60. The summed E-state index contributed by atoms with van der Waals surface area (Å²) in [5.74, 6) is -0.378. The molecule has 0 aromatic rings. The minimum atomic E-state index is -0.604. The van der Waals surface area contributed by atoms with Crippen molar-refractivity contribution in [1.82, 2.24) is 0 Å². The Morgan fingerprint density at radius 1 is 1.11 bits per heavy atom. The lowest BCUT2D eigenvalue weighted by atomic mass is 10.2. The molecule has 18 heavy (non-hydrogen) atoms. The summed E-state index contributed by atoms with van der Waals surface area (Å²) in [5, 5.41) is 0. The van der Waals surface area contributed by atoms with Gasteiger partial charge in [-0.2, -0.15) is 0 Å². The lowest BCUT2D eigenvalue weighted by molar-refractivity contribution is -0.145. The molecule has 0 aliphatic carbocycles. The smallest absolute Gasteiger partial charge is 0.322 e. The molecular weight excluding hydrogens is 238 g/mol. The molecule has 0 aliphatic rings. The molecule has 108 valence electrons. The number of nitrogens with two attached hydrogens (primary N) is 1. The van der Waals surface area contributed by atoms with E-state index in [1.165, 1.54) is 0 Å². The number of ether oxygens (including phenoxy) is 4. The van der Waals surface area contributed by atoms with Crippen LogP contribution in [0.2, 0.25) is 0 Å². The zero-order valence-electron chi connectivity index (χ0n) is 11.4. The van der Waals surface area contributed by atoms with Gasteiger partial charge in [-0.3, -0.25) is 4.79 Å². The first kappa shape index (κ1) is 17.3. The maximum absolute atomic E-state index is 11.2. The standard InChI is InChI=1S/C12H25NO5/c1-3-18-12(14)11(13)5-8-17-10-9-16-7-4-6-15-2/h11H,3-10,13H2,1-2H3. The van der Waals surface area contributed by atoms with Crippen LogP contribution >= 0.6 is 0 Å². The Balaban J connectivity index is 3.22. The van der Waals surface area contributed by atoms with Gasteiger partial charge in [0, 0.05) is 26.9 Å². The highest BCUT2D eigenvalue weighted by Gasteiger charge is 2.13. The molecule has 0 radical (unpaired) electrons. The van der Waals surface area contributed by atoms with E-state index in [0.29, 0.717) is 46.1 Å². The van der Waals surface area contributed by atoms with Crippen LogP contribution in [0.3, 0.4) is 0 Å². The van der Waals surface area contributed by atoms with Crippen LogP contribution < -0.4 is 5.73 Å². The number of methoxy groups -OCH3 is 1. The first-order chi connectivity index (χ1) is 8.72. The van der Waals surface area contributed by atoms with Gasteiger partial charge in [0.1, 0.15) is 6.04 Å². The van der Waals surface area contributed by atoms with Crippen molar-refractivity contribution in [3.8, 4) is 0 Å². The first-order valence-electron chi connectivity index (χ1n) is 6.29. The van der Waals surface area contributed by atoms with Crippen molar-refractivity contribution < 1.29 is 23.7 Å². The topological polar surface area (TPSA) is 80.0 Å². The summed E-state index contributed by atoms with van der Waals surface area (Å²) in [6.45, 7) is 4.95. The molecule has 0 rings (SSSR count). The molecule has 6 heteroatoms. The molecule has 1 unspecified atom stereocenters. The SMILES string of the molecule is CCOC(=O)C(N)CCOCCOCCCOC. The van der Waals surface area contributed by atoms with Crippen LogP contribution in [0.1, 0.15) is 19.8 Å². The third-order valence-electron chi connectivity index (χ3n) is 2.17. The molecule has 0 spiro atoms. The molecule has 1 atom stereocenters. The summed E-state index contributed by atoms with van der Waals surface area (Å²) < 4.78 is 20.3. The summed E-state index contributed by atoms with van der Waals surface area (Å²) >= 11 is 0. The number of carbonyl (C=O) groups excluding carboxylic acids is 1. The van der Waals surface area contributed by atoms with E-state index in [1.807, 2.05) is 0 Å². The zero-order valence-corrected chi connectivity index (χ0v) is 11.4. The lowest BCUT2D eigenvalue weighted by Crippen LogP contribution is -2.33. The number of hydrogen-bond acceptors (Lipinski definition) is 6. The van der Waals surface area contributed by atoms with Crippen LogP contribution in [0.15, 0.2) is 0 Å². The highest BCUT2D eigenvalue weighted by molar-refractivity contribution is 5.75. The van der Waals surface area contributed by atoms with Crippen molar-refractivity contribution in [2.75, 3.05) is 46.8 Å². The minimum Gasteiger partial charge on any atom is -0.465 e. The van der Waals surface area contributed by atoms with Gasteiger partial charge in [-0.25, -0.2) is 0 Å². The minimum absolute atomic E-state index is 0.350. The van der Waals surface area contributed by atoms with Crippen LogP contribution in [-0.2, 0) is 23.7 Å². The Bertz CT molecular complexity index is 201. The average Bonchev–Trinajstić information content (AvgIpc) is 2.36. The fraction of sp³-hybridized carbons (Fsp3) is 0.917. The third kappa shape index (κ3) is 10.5. The van der Waals surface area contributed by atoms with Crippen LogP contribution in [0.5, 0.6) is 0 Å². The number of rotatable bonds is 12. The highest BCUT2D eigenvalue weighted by Crippen LogP contribution is 1.93. The van der Waals surface area contributed by atoms with Gasteiger partial charge in [0.05, 0.1) is 19.8 Å². The van der Waals surface area contributed by atoms with Gasteiger partial charge >= 0.3 is 5.97 Å². The van der Waals surface area contributed by atoms with Gasteiger partial charge in [0.25, 0.3) is 0 Å². The van der Waals surface area contributed by atoms with E-state index < -0.39 is 6.04 Å². The molecule has 6 nitrogen and oxygen atoms in total. The molecule has 0 amide bonds. The van der Waals surface area contributed by atoms with Crippen molar-refractivity contribution >= 4 is 5.97 Å². The lowest BCUT2D eigenvalue weighted by Gasteiger charge is -2.10. The summed E-state index contributed by atoms with van der Waals surface area (Å²) in [4.78, 5) is 11.2. The number of carbonyl (C=O) groups is 1. The van der Waals surface area contributed by atoms with Gasteiger partial charge in [0.15, 0.2) is 0 Å². The maximum Gasteiger partial charge on any atom is 0.322 e. The quantitative estimate of drug-likeness (QED) is 0.404. The van der Waals surface area contributed by atoms with E-state index >= 15 is 0 Å². The molecule has 0 saturated heterocycles. The highest BCUT2D eigenvalue weighted by atomic mass is 16.5. The van der Waals surface area contributed by atoms with Gasteiger partial charge < -0.3 is 24.7 Å². The van der Waals surface area contributed by atoms with Gasteiger partial charge in [-0.15, -0.1) is 0 Å². The third-order valence-corrected chi connectivity index (χ3v) is 2.17. The Kier molecular flexibility index (Phi) is 12.3. The Hall–Kier alpha value is -0.690. The van der Waals surface area contributed by atoms with Gasteiger partial charge in [-0.1, -0.05) is 0 Å². The normalized spacial score (nSPS) is 12.4. The van der Waals surface area contributed by atoms with E-state index in [4.69, 9.17) is 24.7 Å². The van der Waals surface area contributed by atoms with E-state index in [-0.39, 0.29) is 5.97 Å². The van der Waals surface area contributed by atoms with Crippen molar-refractivity contribution in [2.45, 2.75) is 25.8 Å². The maximum atomic E-state index is 11.2. The fourth-order valence-corrected chi connectivity index (χ4v) is 1.20. The van der Waals surface area contributed by atoms with Crippen molar-refractivity contribution in [2.24, 2.45) is 5.73 Å². The van der Waals surface area contributed by atoms with Gasteiger partial charge in [0.2, 0.25) is 0 Å². The first-order valence-corrected chi connectivity index (χ1v) is 6.29. The Morgan fingerprint density at radius 2 is 1.78 bits per heavy atom. The molecule has 0 fully saturated rings. The molecule has 0 aliphatic heterocycles. The van der Waals surface area contributed by atoms with Crippen LogP contribution in [0.4, 0.5) is 0 Å². The van der Waals surface area contributed by atoms with Crippen molar-refractivity contribution in [3.63, 3.8) is 0 Å². The summed E-state index contributed by atoms with van der Waals surface area (Å²) in [6, 6.07) is -0.604. The number of esters is 1. The van der Waals surface area contributed by atoms with Crippen LogP contribution in [-0.4, -0.2) is 58.8 Å². The fourth-order valence-electron chi connectivity index (χ4n) is 1.20. The van der Waals surface area contributed by atoms with E-state index in [9.17, 15) is 4.79 Å². The molecule has 0 aromatic carbocycles. The Labute approximate surface area is 109 Å². The predicted octanol–water partition coefficient (Wildman–Crippen LogP) is 0.337.